The lowest BCUT2D eigenvalue weighted by Crippen LogP contribution is -2.41. The number of esters is 1. The van der Waals surface area contributed by atoms with Gasteiger partial charge in [-0.05, 0) is 31.9 Å². The fraction of sp³-hybridized carbons (Fsp3) is 0.529. The van der Waals surface area contributed by atoms with E-state index in [-0.39, 0.29) is 10.9 Å². The molecule has 2 aliphatic rings. The van der Waals surface area contributed by atoms with Gasteiger partial charge in [0.1, 0.15) is 6.04 Å². The minimum Gasteiger partial charge on any atom is -0.490 e. The summed E-state index contributed by atoms with van der Waals surface area (Å²) in [5, 5.41) is 2.68. The highest BCUT2D eigenvalue weighted by Gasteiger charge is 2.27. The van der Waals surface area contributed by atoms with E-state index in [1.54, 1.807) is 0 Å². The number of hydrogen-bond donors (Lipinski definition) is 2. The second-order valence-corrected chi connectivity index (χ2v) is 8.17. The van der Waals surface area contributed by atoms with Crippen molar-refractivity contribution in [3.63, 3.8) is 0 Å². The highest BCUT2D eigenvalue weighted by molar-refractivity contribution is 7.89. The van der Waals surface area contributed by atoms with Gasteiger partial charge >= 0.3 is 5.97 Å². The van der Waals surface area contributed by atoms with Gasteiger partial charge in [-0.25, -0.2) is 8.42 Å². The number of hydrogen-bond acceptors (Lipinski definition) is 7. The van der Waals surface area contributed by atoms with Crippen LogP contribution in [-0.2, 0) is 24.3 Å². The van der Waals surface area contributed by atoms with Crippen molar-refractivity contribution in [2.45, 2.75) is 43.2 Å². The molecule has 0 unspecified atom stereocenters. The third-order valence-corrected chi connectivity index (χ3v) is 5.54. The summed E-state index contributed by atoms with van der Waals surface area (Å²) in [6.45, 7) is 1.83. The van der Waals surface area contributed by atoms with E-state index in [9.17, 15) is 18.0 Å². The number of sulfonamides is 1. The highest BCUT2D eigenvalue weighted by Crippen LogP contribution is 2.31. The molecule has 0 bridgehead atoms. The van der Waals surface area contributed by atoms with Gasteiger partial charge in [-0.15, -0.1) is 0 Å². The van der Waals surface area contributed by atoms with Crippen LogP contribution in [0.5, 0.6) is 11.5 Å². The van der Waals surface area contributed by atoms with Gasteiger partial charge in [-0.3, -0.25) is 9.59 Å². The van der Waals surface area contributed by atoms with E-state index >= 15 is 0 Å². The van der Waals surface area contributed by atoms with E-state index in [2.05, 4.69) is 10.0 Å². The summed E-state index contributed by atoms with van der Waals surface area (Å²) in [6.07, 6.45) is 2.54. The molecule has 1 atom stereocenters. The number of rotatable bonds is 7. The molecule has 1 aromatic carbocycles. The van der Waals surface area contributed by atoms with E-state index in [1.807, 2.05) is 0 Å². The molecule has 10 heteroatoms. The molecule has 0 spiro atoms. The Hall–Kier alpha value is -2.33. The maximum absolute atomic E-state index is 12.5. The Morgan fingerprint density at radius 3 is 2.63 bits per heavy atom. The van der Waals surface area contributed by atoms with E-state index in [4.69, 9.17) is 14.2 Å². The van der Waals surface area contributed by atoms with E-state index in [0.29, 0.717) is 31.1 Å². The number of ether oxygens (including phenoxy) is 3. The molecule has 9 nitrogen and oxygen atoms in total. The summed E-state index contributed by atoms with van der Waals surface area (Å²) in [6, 6.07) is 3.24. The minimum absolute atomic E-state index is 0.0575. The fourth-order valence-corrected chi connectivity index (χ4v) is 3.63. The molecule has 2 N–H and O–H groups in total. The van der Waals surface area contributed by atoms with Gasteiger partial charge in [-0.1, -0.05) is 0 Å². The lowest BCUT2D eigenvalue weighted by Gasteiger charge is -2.15. The van der Waals surface area contributed by atoms with E-state index in [0.717, 1.165) is 12.8 Å². The minimum atomic E-state index is -3.98. The van der Waals surface area contributed by atoms with Crippen molar-refractivity contribution in [3.05, 3.63) is 18.2 Å². The molecule has 1 heterocycles. The van der Waals surface area contributed by atoms with E-state index in [1.165, 1.54) is 25.1 Å². The zero-order chi connectivity index (χ0) is 19.4. The first kappa shape index (κ1) is 19.4. The summed E-state index contributed by atoms with van der Waals surface area (Å²) >= 11 is 0. The first-order valence-electron chi connectivity index (χ1n) is 8.73. The summed E-state index contributed by atoms with van der Waals surface area (Å²) in [5.41, 5.74) is 0. The largest absolute Gasteiger partial charge is 0.490 e. The fourth-order valence-electron chi connectivity index (χ4n) is 2.42. The molecule has 1 saturated carbocycles. The van der Waals surface area contributed by atoms with Gasteiger partial charge in [0.25, 0.3) is 5.91 Å². The number of fused-ring (bicyclic) bond motifs is 1. The van der Waals surface area contributed by atoms with Crippen LogP contribution in [0.25, 0.3) is 0 Å². The maximum Gasteiger partial charge on any atom is 0.324 e. The summed E-state index contributed by atoms with van der Waals surface area (Å²) in [5.74, 6) is -0.425. The molecular formula is C17H22N2O7S. The van der Waals surface area contributed by atoms with Crippen molar-refractivity contribution < 1.29 is 32.2 Å². The molecule has 148 valence electrons. The average molecular weight is 398 g/mol. The number of nitrogens with one attached hydrogen (secondary N) is 2. The molecule has 1 amide bonds. The van der Waals surface area contributed by atoms with Crippen molar-refractivity contribution in [2.75, 3.05) is 19.8 Å². The first-order chi connectivity index (χ1) is 12.8. The Morgan fingerprint density at radius 1 is 1.22 bits per heavy atom. The molecule has 27 heavy (non-hydrogen) atoms. The normalized spacial score (nSPS) is 17.5. The maximum atomic E-state index is 12.5. The van der Waals surface area contributed by atoms with Crippen LogP contribution in [0.1, 0.15) is 26.2 Å². The van der Waals surface area contributed by atoms with Crippen molar-refractivity contribution in [1.29, 1.82) is 0 Å². The van der Waals surface area contributed by atoms with Crippen LogP contribution in [-0.4, -0.2) is 52.2 Å². The smallest absolute Gasteiger partial charge is 0.324 e. The molecular weight excluding hydrogens is 376 g/mol. The van der Waals surface area contributed by atoms with Crippen molar-refractivity contribution >= 4 is 21.9 Å². The van der Waals surface area contributed by atoms with Gasteiger partial charge in [0.2, 0.25) is 10.0 Å². The standard InChI is InChI=1S/C17H22N2O7S/c1-11(17(21)26-10-16(20)18-12-3-4-12)19-27(22,23)13-5-6-14-15(9-13)25-8-2-7-24-14/h5-6,9,11-12,19H,2-4,7-8,10H2,1H3,(H,18,20)/t11-/m0/s1. The molecule has 0 saturated heterocycles. The predicted molar refractivity (Wildman–Crippen MR) is 94.0 cm³/mol. The van der Waals surface area contributed by atoms with Crippen LogP contribution >= 0.6 is 0 Å². The Balaban J connectivity index is 1.58. The van der Waals surface area contributed by atoms with E-state index < -0.39 is 34.5 Å². The molecule has 1 aliphatic carbocycles. The second kappa shape index (κ2) is 8.13. The number of amides is 1. The average Bonchev–Trinajstić information content (AvgIpc) is 3.45. The molecule has 0 radical (unpaired) electrons. The number of carbonyl (C=O) groups is 2. The monoisotopic (exact) mass is 398 g/mol. The predicted octanol–water partition coefficient (Wildman–Crippen LogP) is 0.337. The Kier molecular flexibility index (Phi) is 5.85. The quantitative estimate of drug-likeness (QED) is 0.635. The molecule has 3 rings (SSSR count). The van der Waals surface area contributed by atoms with Gasteiger partial charge < -0.3 is 19.5 Å². The summed E-state index contributed by atoms with van der Waals surface area (Å²) in [7, 11) is -3.98. The molecule has 0 aromatic heterocycles. The van der Waals surface area contributed by atoms with Crippen LogP contribution in [0.4, 0.5) is 0 Å². The van der Waals surface area contributed by atoms with Crippen LogP contribution in [0.3, 0.4) is 0 Å². The third-order valence-electron chi connectivity index (χ3n) is 4.00. The zero-order valence-electron chi connectivity index (χ0n) is 14.9. The Morgan fingerprint density at radius 2 is 1.93 bits per heavy atom. The molecule has 1 fully saturated rings. The zero-order valence-corrected chi connectivity index (χ0v) is 15.7. The van der Waals surface area contributed by atoms with Crippen LogP contribution < -0.4 is 19.5 Å². The topological polar surface area (TPSA) is 120 Å². The SMILES string of the molecule is C[C@H](NS(=O)(=O)c1ccc2c(c1)OCCCO2)C(=O)OCC(=O)NC1CC1. The highest BCUT2D eigenvalue weighted by atomic mass is 32.2. The summed E-state index contributed by atoms with van der Waals surface area (Å²) < 4.78 is 43.1. The molecule has 1 aliphatic heterocycles. The number of carbonyl (C=O) groups excluding carboxylic acids is 2. The van der Waals surface area contributed by atoms with Gasteiger partial charge in [0.05, 0.1) is 18.1 Å². The van der Waals surface area contributed by atoms with Crippen molar-refractivity contribution in [2.24, 2.45) is 0 Å². The Bertz CT molecular complexity index is 821. The number of benzene rings is 1. The summed E-state index contributed by atoms with van der Waals surface area (Å²) in [4.78, 5) is 23.4. The second-order valence-electron chi connectivity index (χ2n) is 6.45. The van der Waals surface area contributed by atoms with Crippen molar-refractivity contribution in [3.8, 4) is 11.5 Å². The third kappa shape index (κ3) is 5.33. The van der Waals surface area contributed by atoms with Crippen LogP contribution in [0.2, 0.25) is 0 Å². The van der Waals surface area contributed by atoms with Crippen molar-refractivity contribution in [1.82, 2.24) is 10.0 Å². The Labute approximate surface area is 157 Å². The molecule has 1 aromatic rings. The lowest BCUT2D eigenvalue weighted by atomic mass is 10.3. The first-order valence-corrected chi connectivity index (χ1v) is 10.2. The van der Waals surface area contributed by atoms with Crippen LogP contribution in [0, 0.1) is 0 Å². The lowest BCUT2D eigenvalue weighted by molar-refractivity contribution is -0.149. The van der Waals surface area contributed by atoms with Crippen LogP contribution in [0.15, 0.2) is 23.1 Å². The van der Waals surface area contributed by atoms with Gasteiger partial charge in [0.15, 0.2) is 18.1 Å². The van der Waals surface area contributed by atoms with Gasteiger partial charge in [0, 0.05) is 18.5 Å². The van der Waals surface area contributed by atoms with Gasteiger partial charge in [-0.2, -0.15) is 4.72 Å².